The highest BCUT2D eigenvalue weighted by molar-refractivity contribution is 5.96. The van der Waals surface area contributed by atoms with Gasteiger partial charge in [-0.2, -0.15) is 0 Å². The van der Waals surface area contributed by atoms with E-state index in [9.17, 15) is 43.5 Å². The molecule has 0 aliphatic carbocycles. The van der Waals surface area contributed by atoms with Crippen molar-refractivity contribution in [2.45, 2.75) is 96.4 Å². The molecule has 20 heteroatoms. The molecule has 1 saturated heterocycles. The van der Waals surface area contributed by atoms with Gasteiger partial charge in [0.2, 0.25) is 35.4 Å². The van der Waals surface area contributed by atoms with E-state index >= 15 is 0 Å². The third kappa shape index (κ3) is 15.0. The zero-order valence-electron chi connectivity index (χ0n) is 28.9. The predicted molar refractivity (Wildman–Crippen MR) is 178 cm³/mol. The summed E-state index contributed by atoms with van der Waals surface area (Å²) in [4.78, 5) is 102. The van der Waals surface area contributed by atoms with E-state index in [1.807, 2.05) is 13.8 Å². The van der Waals surface area contributed by atoms with Crippen LogP contribution >= 0.6 is 0 Å². The quantitative estimate of drug-likeness (QED) is 0.0313. The molecule has 13 N–H and O–H groups in total. The smallest absolute Gasteiger partial charge is 0.326 e. The summed E-state index contributed by atoms with van der Waals surface area (Å²) in [5.74, 6) is -8.10. The molecule has 0 unspecified atom stereocenters. The average Bonchev–Trinajstić information content (AvgIpc) is 3.52. The van der Waals surface area contributed by atoms with Gasteiger partial charge in [0.25, 0.3) is 0 Å². The summed E-state index contributed by atoms with van der Waals surface area (Å²) in [6.07, 6.45) is 0.428. The molecule has 50 heavy (non-hydrogen) atoms. The van der Waals surface area contributed by atoms with Crippen molar-refractivity contribution in [3.8, 4) is 0 Å². The van der Waals surface area contributed by atoms with Crippen LogP contribution in [-0.4, -0.2) is 125 Å². The van der Waals surface area contributed by atoms with Crippen LogP contribution in [0.15, 0.2) is 0 Å². The van der Waals surface area contributed by atoms with Crippen LogP contribution in [0.3, 0.4) is 0 Å². The molecule has 0 radical (unpaired) electrons. The Hall–Kier alpha value is -5.01. The van der Waals surface area contributed by atoms with Gasteiger partial charge in [-0.15, -0.1) is 0 Å². The second-order valence-electron chi connectivity index (χ2n) is 12.7. The number of carbonyl (C=O) groups excluding carboxylic acids is 6. The maximum Gasteiger partial charge on any atom is 0.326 e. The summed E-state index contributed by atoms with van der Waals surface area (Å²) in [5, 5.41) is 40.3. The summed E-state index contributed by atoms with van der Waals surface area (Å²) >= 11 is 0. The fraction of sp³-hybridized carbons (Fsp3) is 0.700. The lowest BCUT2D eigenvalue weighted by Crippen LogP contribution is -2.58. The Balaban J connectivity index is 2.97. The zero-order chi connectivity index (χ0) is 38.1. The molecule has 1 rings (SSSR count). The standard InChI is InChI=1S/C30H52N10O10/c1-15(2)11-18(37-27(47)20-8-6-10-40(20)22(42)13-31)25(45)35-14-21(41)39-24(16(3)4)28(48)36-17(7-5-9-34-30(32)33)26(46)38-19(29(49)50)12-23(43)44/h15-20,24H,5-14,31H2,1-4H3,(H,35,45)(H,36,48)(H,37,47)(H,38,46)(H,39,41)(H,43,44)(H,49,50)(H4,32,33,34)/t17-,18-,19-,20-,24-/m0/s1. The topological polar surface area (TPSA) is 328 Å². The summed E-state index contributed by atoms with van der Waals surface area (Å²) < 4.78 is 0. The highest BCUT2D eigenvalue weighted by Crippen LogP contribution is 2.18. The molecule has 0 aromatic carbocycles. The van der Waals surface area contributed by atoms with E-state index in [0.717, 1.165) is 0 Å². The summed E-state index contributed by atoms with van der Waals surface area (Å²) in [5.41, 5.74) is 10.7. The van der Waals surface area contributed by atoms with Crippen LogP contribution < -0.4 is 43.4 Å². The van der Waals surface area contributed by atoms with Crippen molar-refractivity contribution in [3.05, 3.63) is 0 Å². The first-order chi connectivity index (χ1) is 23.4. The van der Waals surface area contributed by atoms with Crippen LogP contribution in [0.1, 0.15) is 66.2 Å². The third-order valence-corrected chi connectivity index (χ3v) is 7.69. The van der Waals surface area contributed by atoms with Gasteiger partial charge in [0.05, 0.1) is 19.5 Å². The zero-order valence-corrected chi connectivity index (χ0v) is 28.9. The lowest BCUT2D eigenvalue weighted by atomic mass is 10.0. The Labute approximate surface area is 290 Å². The highest BCUT2D eigenvalue weighted by Gasteiger charge is 2.36. The van der Waals surface area contributed by atoms with E-state index in [0.29, 0.717) is 19.4 Å². The number of amides is 6. The van der Waals surface area contributed by atoms with E-state index in [1.54, 1.807) is 13.8 Å². The van der Waals surface area contributed by atoms with Crippen LogP contribution in [0.5, 0.6) is 0 Å². The lowest BCUT2D eigenvalue weighted by Gasteiger charge is -2.27. The minimum absolute atomic E-state index is 0.0301. The van der Waals surface area contributed by atoms with Crippen molar-refractivity contribution in [3.63, 3.8) is 0 Å². The molecule has 6 amide bonds. The number of hydrogen-bond acceptors (Lipinski definition) is 10. The molecule has 0 aromatic heterocycles. The number of carbonyl (C=O) groups is 8. The van der Waals surface area contributed by atoms with Crippen LogP contribution in [0.25, 0.3) is 0 Å². The number of nitrogens with zero attached hydrogens (tertiary/aromatic N) is 1. The largest absolute Gasteiger partial charge is 0.481 e. The number of carboxylic acid groups (broad SMARTS) is 2. The summed E-state index contributed by atoms with van der Waals surface area (Å²) in [6, 6.07) is -6.16. The molecule has 1 fully saturated rings. The summed E-state index contributed by atoms with van der Waals surface area (Å²) in [7, 11) is 0. The minimum atomic E-state index is -1.78. The van der Waals surface area contributed by atoms with Gasteiger partial charge in [0.1, 0.15) is 30.2 Å². The molecule has 20 nitrogen and oxygen atoms in total. The van der Waals surface area contributed by atoms with Crippen molar-refractivity contribution in [1.29, 1.82) is 5.41 Å². The van der Waals surface area contributed by atoms with Crippen molar-refractivity contribution in [2.24, 2.45) is 23.3 Å². The number of carboxylic acids is 2. The van der Waals surface area contributed by atoms with Crippen LogP contribution in [0, 0.1) is 17.2 Å². The van der Waals surface area contributed by atoms with E-state index in [4.69, 9.17) is 22.0 Å². The predicted octanol–water partition coefficient (Wildman–Crippen LogP) is -3.48. The number of nitrogens with two attached hydrogens (primary N) is 2. The van der Waals surface area contributed by atoms with Crippen LogP contribution in [0.4, 0.5) is 0 Å². The Kier molecular flexibility index (Phi) is 18.2. The SMILES string of the molecule is CC(C)C[C@H](NC(=O)[C@@H]1CCCN1C(=O)CN)C(=O)NCC(=O)N[C@H](C(=O)N[C@@H](CCCNC(=N)N)C(=O)N[C@@H](CC(=O)O)C(=O)O)C(C)C. The normalized spacial score (nSPS) is 16.4. The maximum absolute atomic E-state index is 13.3. The lowest BCUT2D eigenvalue weighted by molar-refractivity contribution is -0.147. The van der Waals surface area contributed by atoms with E-state index in [-0.39, 0.29) is 50.1 Å². The molecular formula is C30H52N10O10. The number of likely N-dealkylation sites (tertiary alicyclic amines) is 1. The van der Waals surface area contributed by atoms with Gasteiger partial charge < -0.3 is 58.5 Å². The molecule has 0 spiro atoms. The second-order valence-corrected chi connectivity index (χ2v) is 12.7. The second kappa shape index (κ2) is 21.2. The first kappa shape index (κ1) is 43.0. The molecule has 1 aliphatic rings. The monoisotopic (exact) mass is 712 g/mol. The Morgan fingerprint density at radius 3 is 2.04 bits per heavy atom. The van der Waals surface area contributed by atoms with Crippen LogP contribution in [0.2, 0.25) is 0 Å². The molecule has 0 saturated carbocycles. The fourth-order valence-corrected chi connectivity index (χ4v) is 5.18. The van der Waals surface area contributed by atoms with E-state index < -0.39 is 90.6 Å². The van der Waals surface area contributed by atoms with Crippen LogP contribution in [-0.2, 0) is 38.4 Å². The first-order valence-electron chi connectivity index (χ1n) is 16.4. The first-order valence-corrected chi connectivity index (χ1v) is 16.4. The van der Waals surface area contributed by atoms with E-state index in [2.05, 4.69) is 31.9 Å². The van der Waals surface area contributed by atoms with Crippen molar-refractivity contribution in [2.75, 3.05) is 26.2 Å². The maximum atomic E-state index is 13.3. The van der Waals surface area contributed by atoms with Gasteiger partial charge in [-0.25, -0.2) is 4.79 Å². The molecule has 1 heterocycles. The average molecular weight is 713 g/mol. The van der Waals surface area contributed by atoms with Gasteiger partial charge >= 0.3 is 11.9 Å². The molecule has 0 bridgehead atoms. The molecule has 5 atom stereocenters. The highest BCUT2D eigenvalue weighted by atomic mass is 16.4. The molecule has 0 aromatic rings. The molecular weight excluding hydrogens is 660 g/mol. The molecule has 1 aliphatic heterocycles. The fourth-order valence-electron chi connectivity index (χ4n) is 5.18. The van der Waals surface area contributed by atoms with Crippen molar-refractivity contribution >= 4 is 53.3 Å². The van der Waals surface area contributed by atoms with Gasteiger partial charge in [0, 0.05) is 13.1 Å². The van der Waals surface area contributed by atoms with Gasteiger partial charge in [-0.3, -0.25) is 39.0 Å². The summed E-state index contributed by atoms with van der Waals surface area (Å²) in [6.45, 7) is 6.57. The third-order valence-electron chi connectivity index (χ3n) is 7.69. The minimum Gasteiger partial charge on any atom is -0.481 e. The van der Waals surface area contributed by atoms with E-state index in [1.165, 1.54) is 4.90 Å². The van der Waals surface area contributed by atoms with Gasteiger partial charge in [-0.1, -0.05) is 27.7 Å². The van der Waals surface area contributed by atoms with Gasteiger partial charge in [-0.05, 0) is 43.9 Å². The number of aliphatic carboxylic acids is 2. The number of rotatable bonds is 21. The van der Waals surface area contributed by atoms with Gasteiger partial charge in [0.15, 0.2) is 5.96 Å². The number of hydrogen-bond donors (Lipinski definition) is 11. The Morgan fingerprint density at radius 2 is 1.50 bits per heavy atom. The van der Waals surface area contributed by atoms with Crippen molar-refractivity contribution in [1.82, 2.24) is 36.8 Å². The van der Waals surface area contributed by atoms with Crippen molar-refractivity contribution < 1.29 is 48.6 Å². The number of nitrogens with one attached hydrogen (secondary N) is 7. The molecule has 282 valence electrons. The Bertz CT molecular complexity index is 1260. The number of guanidine groups is 1. The Morgan fingerprint density at radius 1 is 0.860 bits per heavy atom.